The summed E-state index contributed by atoms with van der Waals surface area (Å²) in [5, 5.41) is -0.424. The van der Waals surface area contributed by atoms with Gasteiger partial charge in [0, 0.05) is 0 Å². The normalized spacial score (nSPS) is 11.5. The molecule has 0 spiro atoms. The lowest BCUT2D eigenvalue weighted by molar-refractivity contribution is 0.552. The molecule has 1 aromatic heterocycles. The fourth-order valence-corrected chi connectivity index (χ4v) is 1.52. The maximum atomic E-state index is 12.4. The first-order valence-corrected chi connectivity index (χ1v) is 4.53. The summed E-state index contributed by atoms with van der Waals surface area (Å²) in [6.07, 6.45) is 1.14. The first-order valence-electron chi connectivity index (χ1n) is 2.77. The van der Waals surface area contributed by atoms with Crippen molar-refractivity contribution >= 4 is 27.5 Å². The Balaban J connectivity index is 3.43. The van der Waals surface area contributed by atoms with E-state index < -0.39 is 20.3 Å². The Labute approximate surface area is 73.4 Å². The van der Waals surface area contributed by atoms with Crippen LogP contribution in [0.1, 0.15) is 0 Å². The lowest BCUT2D eigenvalue weighted by Gasteiger charge is -1.98. The molecule has 0 unspecified atom stereocenters. The number of hydrogen-bond acceptors (Lipinski definition) is 4. The molecule has 0 aliphatic heterocycles. The van der Waals surface area contributed by atoms with Gasteiger partial charge in [-0.3, -0.25) is 0 Å². The van der Waals surface area contributed by atoms with Crippen molar-refractivity contribution in [2.75, 3.05) is 5.73 Å². The molecule has 0 aliphatic carbocycles. The molecule has 0 saturated heterocycles. The van der Waals surface area contributed by atoms with E-state index in [9.17, 15) is 12.3 Å². The van der Waals surface area contributed by atoms with E-state index in [4.69, 9.17) is 17.3 Å². The predicted molar refractivity (Wildman–Crippen MR) is 42.0 cm³/mol. The molecule has 0 bridgehead atoms. The maximum Gasteiger partial charge on any atom is 0.335 e. The van der Waals surface area contributed by atoms with Crippen molar-refractivity contribution < 1.29 is 12.3 Å². The third-order valence-electron chi connectivity index (χ3n) is 1.09. The molecule has 2 N–H and O–H groups in total. The van der Waals surface area contributed by atoms with E-state index >= 15 is 0 Å². The van der Waals surface area contributed by atoms with Crippen molar-refractivity contribution in [2.45, 2.75) is 4.90 Å². The highest BCUT2D eigenvalue weighted by molar-refractivity contribution is 7.86. The van der Waals surface area contributed by atoms with Crippen LogP contribution in [0.2, 0.25) is 5.15 Å². The summed E-state index contributed by atoms with van der Waals surface area (Å²) in [5.74, 6) is 0. The van der Waals surface area contributed by atoms with Crippen LogP contribution in [0.4, 0.5) is 9.57 Å². The average Bonchev–Trinajstić information content (AvgIpc) is 1.92. The van der Waals surface area contributed by atoms with Gasteiger partial charge in [0.15, 0.2) is 5.15 Å². The zero-order valence-electron chi connectivity index (χ0n) is 5.66. The van der Waals surface area contributed by atoms with E-state index in [0.29, 0.717) is 0 Å². The second-order valence-corrected chi connectivity index (χ2v) is 3.67. The Morgan fingerprint density at radius 1 is 1.58 bits per heavy atom. The molecule has 0 fully saturated rings. The highest BCUT2D eigenvalue weighted by Gasteiger charge is 2.17. The van der Waals surface area contributed by atoms with Crippen LogP contribution < -0.4 is 5.73 Å². The van der Waals surface area contributed by atoms with Gasteiger partial charge in [0.05, 0.1) is 11.9 Å². The number of halogens is 2. The quantitative estimate of drug-likeness (QED) is 0.554. The van der Waals surface area contributed by atoms with Gasteiger partial charge in [0.1, 0.15) is 4.90 Å². The Hall–Kier alpha value is -0.880. The number of anilines is 1. The van der Waals surface area contributed by atoms with E-state index in [2.05, 4.69) is 4.98 Å². The van der Waals surface area contributed by atoms with Crippen molar-refractivity contribution in [1.82, 2.24) is 4.98 Å². The monoisotopic (exact) mass is 210 g/mol. The molecule has 1 rings (SSSR count). The highest BCUT2D eigenvalue weighted by Crippen LogP contribution is 2.22. The third kappa shape index (κ3) is 1.83. The molecule has 12 heavy (non-hydrogen) atoms. The van der Waals surface area contributed by atoms with Crippen LogP contribution in [-0.4, -0.2) is 13.4 Å². The molecule has 0 aromatic carbocycles. The smallest absolute Gasteiger partial charge is 0.335 e. The molecule has 0 atom stereocenters. The van der Waals surface area contributed by atoms with Crippen LogP contribution in [0.25, 0.3) is 0 Å². The second kappa shape index (κ2) is 2.87. The zero-order chi connectivity index (χ0) is 9.35. The van der Waals surface area contributed by atoms with Crippen LogP contribution in [0.5, 0.6) is 0 Å². The Morgan fingerprint density at radius 3 is 2.58 bits per heavy atom. The standard InChI is InChI=1S/C5H4ClFN2O2S/c6-5-4(12(7,10)11)1-3(8)2-9-5/h1-2H,8H2. The van der Waals surface area contributed by atoms with Crippen LogP contribution in [0.3, 0.4) is 0 Å². The fraction of sp³-hybridized carbons (Fsp3) is 0. The van der Waals surface area contributed by atoms with E-state index in [1.807, 2.05) is 0 Å². The topological polar surface area (TPSA) is 73.0 Å². The highest BCUT2D eigenvalue weighted by atomic mass is 35.5. The van der Waals surface area contributed by atoms with Crippen LogP contribution >= 0.6 is 11.6 Å². The molecule has 0 amide bonds. The summed E-state index contributed by atoms with van der Waals surface area (Å²) in [6, 6.07) is 0.907. The molecule has 0 saturated carbocycles. The summed E-state index contributed by atoms with van der Waals surface area (Å²) in [4.78, 5) is 2.66. The lowest BCUT2D eigenvalue weighted by atomic mass is 10.4. The van der Waals surface area contributed by atoms with Crippen molar-refractivity contribution in [3.63, 3.8) is 0 Å². The SMILES string of the molecule is Nc1cnc(Cl)c(S(=O)(=O)F)c1. The molecule has 7 heteroatoms. The van der Waals surface area contributed by atoms with Gasteiger partial charge in [-0.25, -0.2) is 4.98 Å². The van der Waals surface area contributed by atoms with Gasteiger partial charge >= 0.3 is 10.2 Å². The van der Waals surface area contributed by atoms with Gasteiger partial charge in [-0.15, -0.1) is 3.89 Å². The zero-order valence-corrected chi connectivity index (χ0v) is 7.23. The summed E-state index contributed by atoms with van der Waals surface area (Å²) >= 11 is 5.30. The van der Waals surface area contributed by atoms with Crippen molar-refractivity contribution in [2.24, 2.45) is 0 Å². The second-order valence-electron chi connectivity index (χ2n) is 2.00. The Morgan fingerprint density at radius 2 is 2.17 bits per heavy atom. The van der Waals surface area contributed by atoms with Crippen molar-refractivity contribution in [3.05, 3.63) is 17.4 Å². The molecule has 0 radical (unpaired) electrons. The average molecular weight is 211 g/mol. The molecule has 66 valence electrons. The minimum Gasteiger partial charge on any atom is -0.397 e. The van der Waals surface area contributed by atoms with Gasteiger partial charge in [-0.2, -0.15) is 8.42 Å². The van der Waals surface area contributed by atoms with Crippen molar-refractivity contribution in [1.29, 1.82) is 0 Å². The van der Waals surface area contributed by atoms with Crippen molar-refractivity contribution in [3.8, 4) is 0 Å². The largest absolute Gasteiger partial charge is 0.397 e. The summed E-state index contributed by atoms with van der Waals surface area (Å²) in [7, 11) is -4.83. The lowest BCUT2D eigenvalue weighted by Crippen LogP contribution is -1.97. The Kier molecular flexibility index (Phi) is 2.20. The minimum absolute atomic E-state index is 0.0376. The van der Waals surface area contributed by atoms with Gasteiger partial charge < -0.3 is 5.73 Å². The summed E-state index contributed by atoms with van der Waals surface area (Å²) in [6.45, 7) is 0. The molecular weight excluding hydrogens is 207 g/mol. The number of nitrogens with two attached hydrogens (primary N) is 1. The molecule has 1 heterocycles. The number of aromatic nitrogens is 1. The Bertz CT molecular complexity index is 406. The van der Waals surface area contributed by atoms with E-state index in [1.165, 1.54) is 0 Å². The van der Waals surface area contributed by atoms with Crippen LogP contribution in [0, 0.1) is 0 Å². The van der Waals surface area contributed by atoms with E-state index in [0.717, 1.165) is 12.3 Å². The van der Waals surface area contributed by atoms with Gasteiger partial charge in [-0.1, -0.05) is 11.6 Å². The number of rotatable bonds is 1. The van der Waals surface area contributed by atoms with E-state index in [1.54, 1.807) is 0 Å². The van der Waals surface area contributed by atoms with Gasteiger partial charge in [0.25, 0.3) is 0 Å². The number of pyridine rings is 1. The fourth-order valence-electron chi connectivity index (χ4n) is 0.614. The number of hydrogen-bond donors (Lipinski definition) is 1. The summed E-state index contributed by atoms with van der Waals surface area (Å²) < 4.78 is 33.1. The third-order valence-corrected chi connectivity index (χ3v) is 2.34. The predicted octanol–water partition coefficient (Wildman–Crippen LogP) is 0.975. The first-order chi connectivity index (χ1) is 5.41. The molecule has 0 aliphatic rings. The molecule has 1 aromatic rings. The van der Waals surface area contributed by atoms with Crippen LogP contribution in [-0.2, 0) is 10.2 Å². The summed E-state index contributed by atoms with van der Waals surface area (Å²) in [5.41, 5.74) is 5.21. The van der Waals surface area contributed by atoms with Crippen LogP contribution in [0.15, 0.2) is 17.2 Å². The minimum atomic E-state index is -4.83. The number of nitrogens with zero attached hydrogens (tertiary/aromatic N) is 1. The van der Waals surface area contributed by atoms with Gasteiger partial charge in [0.2, 0.25) is 0 Å². The molecular formula is C5H4ClFN2O2S. The van der Waals surface area contributed by atoms with Gasteiger partial charge in [-0.05, 0) is 6.07 Å². The maximum absolute atomic E-state index is 12.4. The van der Waals surface area contributed by atoms with E-state index in [-0.39, 0.29) is 5.69 Å². The molecule has 4 nitrogen and oxygen atoms in total. The first kappa shape index (κ1) is 9.21. The number of nitrogen functional groups attached to an aromatic ring is 1.